The summed E-state index contributed by atoms with van der Waals surface area (Å²) in [5.41, 5.74) is 4.61. The Morgan fingerprint density at radius 1 is 1.19 bits per heavy atom. The molecule has 3 heterocycles. The normalized spacial score (nSPS) is 11.8. The molecule has 0 aliphatic rings. The molecule has 2 N–H and O–H groups in total. The van der Waals surface area contributed by atoms with Gasteiger partial charge < -0.3 is 10.2 Å². The molecular formula is C12H8F3N5O. The summed E-state index contributed by atoms with van der Waals surface area (Å²) in [7, 11) is 0. The van der Waals surface area contributed by atoms with Crippen LogP contribution < -0.4 is 5.73 Å². The van der Waals surface area contributed by atoms with Crippen LogP contribution in [0.15, 0.2) is 41.5 Å². The van der Waals surface area contributed by atoms with Crippen LogP contribution in [0.3, 0.4) is 0 Å². The Labute approximate surface area is 116 Å². The third kappa shape index (κ3) is 2.22. The number of nitrogens with zero attached hydrogens (tertiary/aromatic N) is 4. The molecule has 0 atom stereocenters. The molecule has 0 radical (unpaired) electrons. The van der Waals surface area contributed by atoms with Crippen LogP contribution >= 0.6 is 0 Å². The Hall–Kier alpha value is -2.84. The van der Waals surface area contributed by atoms with Crippen molar-refractivity contribution in [2.24, 2.45) is 0 Å². The Balaban J connectivity index is 2.26. The van der Waals surface area contributed by atoms with Gasteiger partial charge in [0.05, 0.1) is 18.1 Å². The third-order valence-electron chi connectivity index (χ3n) is 2.74. The van der Waals surface area contributed by atoms with Crippen LogP contribution in [0.4, 0.5) is 19.0 Å². The number of alkyl halides is 3. The van der Waals surface area contributed by atoms with E-state index < -0.39 is 11.9 Å². The Morgan fingerprint density at radius 2 is 1.90 bits per heavy atom. The molecule has 0 saturated heterocycles. The predicted octanol–water partition coefficient (Wildman–Crippen LogP) is 2.52. The first-order valence-corrected chi connectivity index (χ1v) is 5.74. The zero-order valence-corrected chi connectivity index (χ0v) is 10.4. The van der Waals surface area contributed by atoms with Crippen molar-refractivity contribution in [1.82, 2.24) is 19.7 Å². The number of halogens is 3. The van der Waals surface area contributed by atoms with E-state index in [0.717, 1.165) is 4.68 Å². The van der Waals surface area contributed by atoms with Gasteiger partial charge in [0.1, 0.15) is 5.82 Å². The zero-order valence-electron chi connectivity index (χ0n) is 10.4. The van der Waals surface area contributed by atoms with Gasteiger partial charge in [-0.2, -0.15) is 23.0 Å². The second-order valence-corrected chi connectivity index (χ2v) is 4.08. The molecule has 0 amide bonds. The van der Waals surface area contributed by atoms with Crippen molar-refractivity contribution in [2.45, 2.75) is 6.18 Å². The summed E-state index contributed by atoms with van der Waals surface area (Å²) in [6, 6.07) is 2.91. The minimum Gasteiger partial charge on any atom is -0.472 e. The lowest BCUT2D eigenvalue weighted by molar-refractivity contribution is -0.140. The van der Waals surface area contributed by atoms with Crippen LogP contribution in [0.1, 0.15) is 5.69 Å². The summed E-state index contributed by atoms with van der Waals surface area (Å²) in [6.07, 6.45) is 0.521. The average molecular weight is 295 g/mol. The molecule has 9 heteroatoms. The molecule has 0 aliphatic heterocycles. The Bertz CT molecular complexity index is 749. The lowest BCUT2D eigenvalue weighted by Crippen LogP contribution is -2.09. The van der Waals surface area contributed by atoms with Gasteiger partial charge in [-0.15, -0.1) is 0 Å². The summed E-state index contributed by atoms with van der Waals surface area (Å²) in [5, 5.41) is 3.51. The summed E-state index contributed by atoms with van der Waals surface area (Å²) in [4.78, 5) is 7.69. The molecule has 3 rings (SSSR count). The van der Waals surface area contributed by atoms with Crippen molar-refractivity contribution >= 4 is 5.82 Å². The molecule has 21 heavy (non-hydrogen) atoms. The van der Waals surface area contributed by atoms with E-state index >= 15 is 0 Å². The lowest BCUT2D eigenvalue weighted by atomic mass is 10.1. The average Bonchev–Trinajstić information content (AvgIpc) is 3.06. The van der Waals surface area contributed by atoms with Crippen molar-refractivity contribution in [3.63, 3.8) is 0 Å². The zero-order chi connectivity index (χ0) is 15.0. The van der Waals surface area contributed by atoms with Crippen molar-refractivity contribution in [3.8, 4) is 17.1 Å². The molecule has 0 aromatic carbocycles. The first-order valence-electron chi connectivity index (χ1n) is 5.74. The van der Waals surface area contributed by atoms with Crippen LogP contribution in [-0.4, -0.2) is 19.7 Å². The summed E-state index contributed by atoms with van der Waals surface area (Å²) in [6.45, 7) is 0. The number of hydrogen-bond acceptors (Lipinski definition) is 5. The second-order valence-electron chi connectivity index (χ2n) is 4.08. The van der Waals surface area contributed by atoms with Gasteiger partial charge in [0.15, 0.2) is 5.69 Å². The second kappa shape index (κ2) is 4.62. The minimum absolute atomic E-state index is 0.0461. The molecule has 0 bridgehead atoms. The Morgan fingerprint density at radius 3 is 2.48 bits per heavy atom. The summed E-state index contributed by atoms with van der Waals surface area (Å²) >= 11 is 0. The highest BCUT2D eigenvalue weighted by atomic mass is 19.4. The quantitative estimate of drug-likeness (QED) is 0.785. The monoisotopic (exact) mass is 295 g/mol. The van der Waals surface area contributed by atoms with Crippen LogP contribution in [0, 0.1) is 0 Å². The number of hydrogen-bond donors (Lipinski definition) is 1. The van der Waals surface area contributed by atoms with Gasteiger partial charge >= 0.3 is 6.18 Å². The SMILES string of the molecule is Nc1c(-c2ccoc2)c(C(F)(F)F)nn1-c1ncccn1. The topological polar surface area (TPSA) is 82.8 Å². The summed E-state index contributed by atoms with van der Waals surface area (Å²) in [5.74, 6) is -0.259. The molecule has 3 aromatic rings. The maximum Gasteiger partial charge on any atom is 0.435 e. The fourth-order valence-corrected chi connectivity index (χ4v) is 1.87. The van der Waals surface area contributed by atoms with Crippen LogP contribution in [0.25, 0.3) is 17.1 Å². The molecule has 3 aromatic heterocycles. The molecule has 6 nitrogen and oxygen atoms in total. The van der Waals surface area contributed by atoms with E-state index in [1.807, 2.05) is 0 Å². The highest BCUT2D eigenvalue weighted by Crippen LogP contribution is 2.40. The van der Waals surface area contributed by atoms with Crippen molar-refractivity contribution < 1.29 is 17.6 Å². The molecule has 0 fully saturated rings. The molecule has 108 valence electrons. The van der Waals surface area contributed by atoms with Gasteiger partial charge in [0, 0.05) is 18.0 Å². The molecule has 0 spiro atoms. The van der Waals surface area contributed by atoms with Gasteiger partial charge in [0.2, 0.25) is 0 Å². The molecular weight excluding hydrogens is 287 g/mol. The number of furan rings is 1. The van der Waals surface area contributed by atoms with E-state index in [4.69, 9.17) is 10.2 Å². The van der Waals surface area contributed by atoms with Crippen molar-refractivity contribution in [2.75, 3.05) is 5.73 Å². The van der Waals surface area contributed by atoms with Gasteiger partial charge in [-0.1, -0.05) is 0 Å². The number of nitrogens with two attached hydrogens (primary N) is 1. The van der Waals surface area contributed by atoms with E-state index in [1.54, 1.807) is 0 Å². The fraction of sp³-hybridized carbons (Fsp3) is 0.0833. The maximum absolute atomic E-state index is 13.1. The molecule has 0 saturated carbocycles. The number of aromatic nitrogens is 4. The van der Waals surface area contributed by atoms with Gasteiger partial charge in [-0.25, -0.2) is 9.97 Å². The number of rotatable bonds is 2. The molecule has 0 aliphatic carbocycles. The summed E-state index contributed by atoms with van der Waals surface area (Å²) < 4.78 is 45.1. The van der Waals surface area contributed by atoms with E-state index in [1.165, 1.54) is 37.1 Å². The third-order valence-corrected chi connectivity index (χ3v) is 2.74. The smallest absolute Gasteiger partial charge is 0.435 e. The van der Waals surface area contributed by atoms with Crippen LogP contribution in [0.2, 0.25) is 0 Å². The van der Waals surface area contributed by atoms with Gasteiger partial charge in [-0.05, 0) is 12.1 Å². The fourth-order valence-electron chi connectivity index (χ4n) is 1.87. The predicted molar refractivity (Wildman–Crippen MR) is 66.3 cm³/mol. The molecule has 0 unspecified atom stereocenters. The van der Waals surface area contributed by atoms with E-state index in [9.17, 15) is 13.2 Å². The highest BCUT2D eigenvalue weighted by Gasteiger charge is 2.40. The minimum atomic E-state index is -4.67. The first-order chi connectivity index (χ1) is 9.98. The highest BCUT2D eigenvalue weighted by molar-refractivity contribution is 5.77. The van der Waals surface area contributed by atoms with Crippen LogP contribution in [-0.2, 0) is 6.18 Å². The largest absolute Gasteiger partial charge is 0.472 e. The van der Waals surface area contributed by atoms with Crippen LogP contribution in [0.5, 0.6) is 0 Å². The van der Waals surface area contributed by atoms with Crippen molar-refractivity contribution in [3.05, 3.63) is 42.7 Å². The van der Waals surface area contributed by atoms with Crippen molar-refractivity contribution in [1.29, 1.82) is 0 Å². The van der Waals surface area contributed by atoms with E-state index in [0.29, 0.717) is 0 Å². The Kier molecular flexibility index (Phi) is 2.89. The van der Waals surface area contributed by atoms with E-state index in [-0.39, 0.29) is 22.9 Å². The van der Waals surface area contributed by atoms with E-state index in [2.05, 4.69) is 15.1 Å². The number of anilines is 1. The first kappa shape index (κ1) is 13.2. The lowest BCUT2D eigenvalue weighted by Gasteiger charge is -2.04. The standard InChI is InChI=1S/C12H8F3N5O/c13-12(14,15)9-8(7-2-5-21-6-7)10(16)20(19-9)11-17-3-1-4-18-11/h1-6H,16H2. The van der Waals surface area contributed by atoms with Gasteiger partial charge in [0.25, 0.3) is 5.95 Å². The maximum atomic E-state index is 13.1. The number of nitrogen functional groups attached to an aromatic ring is 1. The van der Waals surface area contributed by atoms with Gasteiger partial charge in [-0.3, -0.25) is 0 Å².